The highest BCUT2D eigenvalue weighted by Crippen LogP contribution is 2.37. The van der Waals surface area contributed by atoms with E-state index in [0.29, 0.717) is 6.07 Å². The van der Waals surface area contributed by atoms with E-state index in [0.717, 1.165) is 6.07 Å². The second kappa shape index (κ2) is 4.82. The van der Waals surface area contributed by atoms with Crippen LogP contribution in [-0.4, -0.2) is 13.0 Å². The summed E-state index contributed by atoms with van der Waals surface area (Å²) in [5, 5.41) is -0.387. The first-order valence-electron chi connectivity index (χ1n) is 3.98. The van der Waals surface area contributed by atoms with Gasteiger partial charge in [0.05, 0.1) is 10.7 Å². The summed E-state index contributed by atoms with van der Waals surface area (Å²) in [5.74, 6) is -1.49. The van der Waals surface area contributed by atoms with Crippen LogP contribution in [0, 0.1) is 0 Å². The number of anilines is 1. The number of rotatable bonds is 3. The van der Waals surface area contributed by atoms with Crippen LogP contribution in [0.5, 0.6) is 11.5 Å². The third-order valence-corrected chi connectivity index (χ3v) is 1.83. The highest BCUT2D eigenvalue weighted by Gasteiger charge is 2.32. The summed E-state index contributed by atoms with van der Waals surface area (Å²) in [4.78, 5) is 0. The highest BCUT2D eigenvalue weighted by atomic mass is 35.5. The maximum Gasteiger partial charge on any atom is 0.573 e. The second-order valence-corrected chi connectivity index (χ2v) is 3.15. The van der Waals surface area contributed by atoms with Crippen molar-refractivity contribution in [2.45, 2.75) is 13.0 Å². The Kier molecular flexibility index (Phi) is 3.87. The quantitative estimate of drug-likeness (QED) is 0.680. The van der Waals surface area contributed by atoms with Crippen LogP contribution in [0.15, 0.2) is 12.1 Å². The maximum absolute atomic E-state index is 11.9. The highest BCUT2D eigenvalue weighted by molar-refractivity contribution is 6.33. The van der Waals surface area contributed by atoms with Crippen molar-refractivity contribution < 1.29 is 31.4 Å². The topological polar surface area (TPSA) is 44.5 Å². The molecule has 1 aromatic carbocycles. The van der Waals surface area contributed by atoms with E-state index in [1.165, 1.54) is 0 Å². The first-order chi connectivity index (χ1) is 7.69. The predicted molar refractivity (Wildman–Crippen MR) is 49.2 cm³/mol. The van der Waals surface area contributed by atoms with E-state index in [9.17, 15) is 22.0 Å². The van der Waals surface area contributed by atoms with Crippen LogP contribution < -0.4 is 15.2 Å². The molecule has 0 fully saturated rings. The van der Waals surface area contributed by atoms with Crippen LogP contribution in [-0.2, 0) is 0 Å². The minimum Gasteiger partial charge on any atom is -0.435 e. The Hall–Kier alpha value is -1.44. The summed E-state index contributed by atoms with van der Waals surface area (Å²) in [6.45, 7) is -3.20. The average Bonchev–Trinajstić information content (AvgIpc) is 2.09. The van der Waals surface area contributed by atoms with Crippen LogP contribution >= 0.6 is 11.6 Å². The number of nitrogens with two attached hydrogens (primary N) is 1. The van der Waals surface area contributed by atoms with Gasteiger partial charge in [0.25, 0.3) is 0 Å². The molecule has 0 radical (unpaired) electrons. The van der Waals surface area contributed by atoms with Gasteiger partial charge in [0.2, 0.25) is 0 Å². The number of nitrogen functional groups attached to an aromatic ring is 1. The Morgan fingerprint density at radius 2 is 1.82 bits per heavy atom. The van der Waals surface area contributed by atoms with Gasteiger partial charge in [-0.25, -0.2) is 0 Å². The predicted octanol–water partition coefficient (Wildman–Crippen LogP) is 3.42. The van der Waals surface area contributed by atoms with Crippen molar-refractivity contribution in [2.75, 3.05) is 5.73 Å². The Morgan fingerprint density at radius 1 is 1.24 bits per heavy atom. The van der Waals surface area contributed by atoms with Crippen LogP contribution in [0.25, 0.3) is 0 Å². The van der Waals surface area contributed by atoms with E-state index in [-0.39, 0.29) is 5.02 Å². The molecule has 0 atom stereocenters. The first-order valence-corrected chi connectivity index (χ1v) is 4.36. The second-order valence-electron chi connectivity index (χ2n) is 2.74. The van der Waals surface area contributed by atoms with E-state index in [2.05, 4.69) is 9.47 Å². The third kappa shape index (κ3) is 4.14. The number of alkyl halides is 5. The molecule has 0 amide bonds. The molecular formula is C8H5ClF5NO2. The van der Waals surface area contributed by atoms with Gasteiger partial charge in [-0.05, 0) is 0 Å². The molecule has 0 bridgehead atoms. The van der Waals surface area contributed by atoms with Crippen molar-refractivity contribution >= 4 is 17.3 Å². The van der Waals surface area contributed by atoms with Crippen LogP contribution in [0.3, 0.4) is 0 Å². The maximum atomic E-state index is 11.9. The normalized spacial score (nSPS) is 11.7. The van der Waals surface area contributed by atoms with Crippen molar-refractivity contribution in [3.8, 4) is 11.5 Å². The third-order valence-electron chi connectivity index (χ3n) is 1.52. The van der Waals surface area contributed by atoms with Crippen molar-refractivity contribution in [3.63, 3.8) is 0 Å². The molecular weight excluding hydrogens is 273 g/mol. The SMILES string of the molecule is Nc1c(Cl)cc(OC(F)F)cc1OC(F)(F)F. The minimum absolute atomic E-state index is 0.387. The van der Waals surface area contributed by atoms with Gasteiger partial charge in [0.15, 0.2) is 5.75 Å². The van der Waals surface area contributed by atoms with E-state index in [1.807, 2.05) is 0 Å². The van der Waals surface area contributed by atoms with Crippen molar-refractivity contribution in [3.05, 3.63) is 17.2 Å². The van der Waals surface area contributed by atoms with Gasteiger partial charge in [0.1, 0.15) is 5.75 Å². The fourth-order valence-corrected chi connectivity index (χ4v) is 1.15. The van der Waals surface area contributed by atoms with Crippen LogP contribution in [0.4, 0.5) is 27.6 Å². The molecule has 1 rings (SSSR count). The molecule has 0 saturated heterocycles. The van der Waals surface area contributed by atoms with Gasteiger partial charge in [0, 0.05) is 12.1 Å². The molecule has 0 spiro atoms. The lowest BCUT2D eigenvalue weighted by molar-refractivity contribution is -0.274. The van der Waals surface area contributed by atoms with E-state index in [4.69, 9.17) is 17.3 Å². The van der Waals surface area contributed by atoms with E-state index < -0.39 is 30.2 Å². The van der Waals surface area contributed by atoms with Gasteiger partial charge < -0.3 is 15.2 Å². The van der Waals surface area contributed by atoms with Crippen molar-refractivity contribution in [1.82, 2.24) is 0 Å². The zero-order chi connectivity index (χ0) is 13.2. The molecule has 9 heteroatoms. The summed E-state index contributed by atoms with van der Waals surface area (Å²) in [5.41, 5.74) is 4.67. The van der Waals surface area contributed by atoms with Gasteiger partial charge >= 0.3 is 13.0 Å². The Balaban J connectivity index is 3.07. The number of halogens is 6. The Bertz CT molecular complexity index is 410. The smallest absolute Gasteiger partial charge is 0.435 e. The fraction of sp³-hybridized carbons (Fsp3) is 0.250. The lowest BCUT2D eigenvalue weighted by atomic mass is 10.3. The fourth-order valence-electron chi connectivity index (χ4n) is 0.949. The lowest BCUT2D eigenvalue weighted by Crippen LogP contribution is -2.18. The van der Waals surface area contributed by atoms with Gasteiger partial charge in [-0.1, -0.05) is 11.6 Å². The zero-order valence-electron chi connectivity index (χ0n) is 7.89. The molecule has 0 aliphatic rings. The van der Waals surface area contributed by atoms with Crippen molar-refractivity contribution in [1.29, 1.82) is 0 Å². The summed E-state index contributed by atoms with van der Waals surface area (Å²) in [6.07, 6.45) is -5.01. The Morgan fingerprint density at radius 3 is 2.29 bits per heavy atom. The van der Waals surface area contributed by atoms with Gasteiger partial charge in [-0.2, -0.15) is 8.78 Å². The molecule has 1 aromatic rings. The van der Waals surface area contributed by atoms with E-state index >= 15 is 0 Å². The van der Waals surface area contributed by atoms with Gasteiger partial charge in [-0.15, -0.1) is 13.2 Å². The summed E-state index contributed by atoms with van der Waals surface area (Å²) >= 11 is 5.43. The molecule has 3 nitrogen and oxygen atoms in total. The van der Waals surface area contributed by atoms with Gasteiger partial charge in [-0.3, -0.25) is 0 Å². The summed E-state index contributed by atoms with van der Waals surface area (Å²) in [7, 11) is 0. The molecule has 0 aliphatic carbocycles. The molecule has 0 aromatic heterocycles. The molecule has 0 unspecified atom stereocenters. The number of benzene rings is 1. The minimum atomic E-state index is -5.01. The Labute approximate surface area is 96.9 Å². The molecule has 0 heterocycles. The lowest BCUT2D eigenvalue weighted by Gasteiger charge is -2.13. The number of hydrogen-bond donors (Lipinski definition) is 1. The number of hydrogen-bond acceptors (Lipinski definition) is 3. The summed E-state index contributed by atoms with van der Waals surface area (Å²) in [6, 6.07) is 1.42. The van der Waals surface area contributed by atoms with Crippen LogP contribution in [0.1, 0.15) is 0 Å². The molecule has 96 valence electrons. The standard InChI is InChI=1S/C8H5ClF5NO2/c9-4-1-3(16-7(10)11)2-5(6(4)15)17-8(12,13)14/h1-2,7H,15H2. The monoisotopic (exact) mass is 277 g/mol. The molecule has 2 N–H and O–H groups in total. The molecule has 0 saturated carbocycles. The number of ether oxygens (including phenoxy) is 2. The largest absolute Gasteiger partial charge is 0.573 e. The van der Waals surface area contributed by atoms with Crippen molar-refractivity contribution in [2.24, 2.45) is 0 Å². The molecule has 0 aliphatic heterocycles. The first kappa shape index (κ1) is 13.6. The van der Waals surface area contributed by atoms with E-state index in [1.54, 1.807) is 0 Å². The zero-order valence-corrected chi connectivity index (χ0v) is 8.65. The summed E-state index contributed by atoms with van der Waals surface area (Å²) < 4.78 is 66.9. The average molecular weight is 278 g/mol. The molecule has 17 heavy (non-hydrogen) atoms. The van der Waals surface area contributed by atoms with Crippen LogP contribution in [0.2, 0.25) is 5.02 Å².